The molecule has 6 heteroatoms. The molecule has 0 aromatic rings. The van der Waals surface area contributed by atoms with Crippen LogP contribution in [0, 0.1) is 11.8 Å². The summed E-state index contributed by atoms with van der Waals surface area (Å²) in [5.41, 5.74) is 0. The molecule has 0 bridgehead atoms. The fourth-order valence-electron chi connectivity index (χ4n) is 3.30. The van der Waals surface area contributed by atoms with Crippen LogP contribution in [0.2, 0.25) is 0 Å². The van der Waals surface area contributed by atoms with Gasteiger partial charge in [0.15, 0.2) is 5.96 Å². The summed E-state index contributed by atoms with van der Waals surface area (Å²) in [5.74, 6) is 2.24. The maximum atomic E-state index is 9.15. The Morgan fingerprint density at radius 1 is 1.29 bits per heavy atom. The molecule has 0 amide bonds. The molecule has 0 spiro atoms. The van der Waals surface area contributed by atoms with Crippen molar-refractivity contribution in [3.63, 3.8) is 0 Å². The number of guanidine groups is 1. The average Bonchev–Trinajstić information content (AvgIpc) is 2.53. The Balaban J connectivity index is 0.00000529. The SMILES string of the molecule is CCCC(CCO)CN=C(NCC)NCCN1CCCC(C)C1.I. The Hall–Kier alpha value is -0.0800. The predicted octanol–water partition coefficient (Wildman–Crippen LogP) is 2.69. The molecular weight excluding hydrogens is 415 g/mol. The van der Waals surface area contributed by atoms with Crippen LogP contribution in [-0.2, 0) is 0 Å². The lowest BCUT2D eigenvalue weighted by atomic mass is 10.0. The highest BCUT2D eigenvalue weighted by Gasteiger charge is 2.15. The highest BCUT2D eigenvalue weighted by Crippen LogP contribution is 2.14. The van der Waals surface area contributed by atoms with E-state index in [0.717, 1.165) is 57.3 Å². The Morgan fingerprint density at radius 3 is 2.71 bits per heavy atom. The molecule has 1 saturated heterocycles. The number of rotatable bonds is 10. The van der Waals surface area contributed by atoms with Gasteiger partial charge >= 0.3 is 0 Å². The van der Waals surface area contributed by atoms with Gasteiger partial charge in [-0.2, -0.15) is 0 Å². The Morgan fingerprint density at radius 2 is 2.08 bits per heavy atom. The van der Waals surface area contributed by atoms with Crippen LogP contribution >= 0.6 is 24.0 Å². The van der Waals surface area contributed by atoms with Crippen molar-refractivity contribution in [2.24, 2.45) is 16.8 Å². The topological polar surface area (TPSA) is 59.9 Å². The van der Waals surface area contributed by atoms with Gasteiger partial charge in [-0.05, 0) is 51.0 Å². The van der Waals surface area contributed by atoms with Gasteiger partial charge in [0.1, 0.15) is 0 Å². The van der Waals surface area contributed by atoms with Gasteiger partial charge in [-0.15, -0.1) is 24.0 Å². The second-order valence-corrected chi connectivity index (χ2v) is 6.86. The molecule has 1 heterocycles. The van der Waals surface area contributed by atoms with E-state index in [1.807, 2.05) is 0 Å². The number of piperidine rings is 1. The Bertz CT molecular complexity index is 322. The molecule has 0 radical (unpaired) electrons. The summed E-state index contributed by atoms with van der Waals surface area (Å²) < 4.78 is 0. The first-order valence-corrected chi connectivity index (χ1v) is 9.54. The third-order valence-electron chi connectivity index (χ3n) is 4.55. The van der Waals surface area contributed by atoms with Crippen LogP contribution in [0.3, 0.4) is 0 Å². The van der Waals surface area contributed by atoms with E-state index in [0.29, 0.717) is 5.92 Å². The number of aliphatic hydroxyl groups excluding tert-OH is 1. The molecule has 0 saturated carbocycles. The number of aliphatic hydroxyl groups is 1. The second kappa shape index (κ2) is 15.2. The molecule has 5 nitrogen and oxygen atoms in total. The number of likely N-dealkylation sites (tertiary alicyclic amines) is 1. The number of halogens is 1. The fourth-order valence-corrected chi connectivity index (χ4v) is 3.30. The normalized spacial score (nSPS) is 20.3. The molecule has 144 valence electrons. The van der Waals surface area contributed by atoms with Crippen molar-refractivity contribution in [1.29, 1.82) is 0 Å². The van der Waals surface area contributed by atoms with Crippen LogP contribution in [-0.4, -0.2) is 61.8 Å². The van der Waals surface area contributed by atoms with Crippen LogP contribution in [0.15, 0.2) is 4.99 Å². The first-order chi connectivity index (χ1) is 11.2. The summed E-state index contributed by atoms with van der Waals surface area (Å²) >= 11 is 0. The van der Waals surface area contributed by atoms with Gasteiger partial charge in [-0.1, -0.05) is 20.3 Å². The van der Waals surface area contributed by atoms with E-state index in [-0.39, 0.29) is 30.6 Å². The molecule has 0 aromatic heterocycles. The summed E-state index contributed by atoms with van der Waals surface area (Å²) in [4.78, 5) is 7.27. The van der Waals surface area contributed by atoms with E-state index in [1.54, 1.807) is 0 Å². The highest BCUT2D eigenvalue weighted by molar-refractivity contribution is 14.0. The van der Waals surface area contributed by atoms with Crippen LogP contribution < -0.4 is 10.6 Å². The van der Waals surface area contributed by atoms with E-state index in [4.69, 9.17) is 10.1 Å². The lowest BCUT2D eigenvalue weighted by molar-refractivity contribution is 0.187. The standard InChI is InChI=1S/C18H38N4O.HI/c1-4-7-17(9-13-23)14-21-18(19-5-2)20-10-12-22-11-6-8-16(3)15-22;/h16-17,23H,4-15H2,1-3H3,(H2,19,20,21);1H. The molecule has 3 N–H and O–H groups in total. The van der Waals surface area contributed by atoms with Crippen LogP contribution in [0.4, 0.5) is 0 Å². The first-order valence-electron chi connectivity index (χ1n) is 9.54. The smallest absolute Gasteiger partial charge is 0.191 e. The lowest BCUT2D eigenvalue weighted by Crippen LogP contribution is -2.44. The van der Waals surface area contributed by atoms with E-state index in [1.165, 1.54) is 25.9 Å². The van der Waals surface area contributed by atoms with E-state index in [9.17, 15) is 0 Å². The second-order valence-electron chi connectivity index (χ2n) is 6.86. The Kier molecular flexibility index (Phi) is 15.1. The third-order valence-corrected chi connectivity index (χ3v) is 4.55. The Labute approximate surface area is 166 Å². The summed E-state index contributed by atoms with van der Waals surface area (Å²) in [6.07, 6.45) is 5.84. The van der Waals surface area contributed by atoms with Gasteiger partial charge < -0.3 is 20.6 Å². The highest BCUT2D eigenvalue weighted by atomic mass is 127. The molecule has 24 heavy (non-hydrogen) atoms. The van der Waals surface area contributed by atoms with Gasteiger partial charge in [-0.3, -0.25) is 4.99 Å². The fraction of sp³-hybridized carbons (Fsp3) is 0.944. The number of nitrogens with zero attached hydrogens (tertiary/aromatic N) is 2. The first kappa shape index (κ1) is 23.9. The zero-order valence-electron chi connectivity index (χ0n) is 15.9. The van der Waals surface area contributed by atoms with Crippen molar-refractivity contribution >= 4 is 29.9 Å². The van der Waals surface area contributed by atoms with Gasteiger partial charge in [0.05, 0.1) is 0 Å². The molecule has 1 fully saturated rings. The van der Waals surface area contributed by atoms with Crippen molar-refractivity contribution in [1.82, 2.24) is 15.5 Å². The van der Waals surface area contributed by atoms with Gasteiger partial charge in [-0.25, -0.2) is 0 Å². The van der Waals surface area contributed by atoms with Crippen LogP contribution in [0.1, 0.15) is 52.9 Å². The van der Waals surface area contributed by atoms with Gasteiger partial charge in [0, 0.05) is 39.3 Å². The number of hydrogen-bond donors (Lipinski definition) is 3. The van der Waals surface area contributed by atoms with Crippen molar-refractivity contribution in [3.05, 3.63) is 0 Å². The monoisotopic (exact) mass is 454 g/mol. The average molecular weight is 454 g/mol. The van der Waals surface area contributed by atoms with E-state index < -0.39 is 0 Å². The minimum absolute atomic E-state index is 0. The van der Waals surface area contributed by atoms with Gasteiger partial charge in [0.25, 0.3) is 0 Å². The summed E-state index contributed by atoms with van der Waals surface area (Å²) in [6.45, 7) is 13.1. The van der Waals surface area contributed by atoms with Crippen molar-refractivity contribution in [3.8, 4) is 0 Å². The summed E-state index contributed by atoms with van der Waals surface area (Å²) in [6, 6.07) is 0. The maximum Gasteiger partial charge on any atom is 0.191 e. The minimum atomic E-state index is 0. The largest absolute Gasteiger partial charge is 0.396 e. The molecule has 1 rings (SSSR count). The number of nitrogens with one attached hydrogen (secondary N) is 2. The summed E-state index contributed by atoms with van der Waals surface area (Å²) in [7, 11) is 0. The van der Waals surface area contributed by atoms with Crippen molar-refractivity contribution in [2.75, 3.05) is 45.9 Å². The molecule has 2 atom stereocenters. The molecule has 0 aliphatic carbocycles. The molecule has 1 aliphatic rings. The molecule has 2 unspecified atom stereocenters. The molecule has 1 aliphatic heterocycles. The van der Waals surface area contributed by atoms with Crippen LogP contribution in [0.25, 0.3) is 0 Å². The van der Waals surface area contributed by atoms with Crippen molar-refractivity contribution in [2.45, 2.75) is 52.9 Å². The minimum Gasteiger partial charge on any atom is -0.396 e. The predicted molar refractivity (Wildman–Crippen MR) is 114 cm³/mol. The zero-order chi connectivity index (χ0) is 16.9. The van der Waals surface area contributed by atoms with Crippen LogP contribution in [0.5, 0.6) is 0 Å². The van der Waals surface area contributed by atoms with E-state index in [2.05, 4.69) is 36.3 Å². The number of hydrogen-bond acceptors (Lipinski definition) is 3. The zero-order valence-corrected chi connectivity index (χ0v) is 18.2. The molecule has 0 aromatic carbocycles. The third kappa shape index (κ3) is 10.7. The lowest BCUT2D eigenvalue weighted by Gasteiger charge is -2.30. The molecular formula is C18H39IN4O. The quantitative estimate of drug-likeness (QED) is 0.270. The van der Waals surface area contributed by atoms with Crippen molar-refractivity contribution < 1.29 is 5.11 Å². The van der Waals surface area contributed by atoms with Gasteiger partial charge in [0.2, 0.25) is 0 Å². The van der Waals surface area contributed by atoms with E-state index >= 15 is 0 Å². The summed E-state index contributed by atoms with van der Waals surface area (Å²) in [5, 5.41) is 15.9. The maximum absolute atomic E-state index is 9.15. The number of aliphatic imine (C=N–C) groups is 1.